The average Bonchev–Trinajstić information content (AvgIpc) is 1.35. The molecule has 1 heterocycles. The molecule has 11 nitrogen and oxygen atoms in total. The molecule has 0 aromatic heterocycles. The average molecular weight is 1280 g/mol. The van der Waals surface area contributed by atoms with Crippen LogP contribution in [0.2, 0.25) is 0 Å². The normalized spacial score (nSPS) is 17.9. The van der Waals surface area contributed by atoms with E-state index in [9.17, 15) is 35.1 Å². The van der Waals surface area contributed by atoms with Gasteiger partial charge >= 0.3 is 5.97 Å². The number of esters is 1. The van der Waals surface area contributed by atoms with Crippen molar-refractivity contribution in [3.05, 3.63) is 60.8 Å². The second-order valence-electron chi connectivity index (χ2n) is 27.0. The Morgan fingerprint density at radius 1 is 0.418 bits per heavy atom. The topological polar surface area (TPSA) is 175 Å². The molecular formula is C80H147NO10. The summed E-state index contributed by atoms with van der Waals surface area (Å²) in [6.45, 7) is 4.24. The van der Waals surface area contributed by atoms with Gasteiger partial charge in [0.15, 0.2) is 6.29 Å². The lowest BCUT2D eigenvalue weighted by Crippen LogP contribution is -2.60. The summed E-state index contributed by atoms with van der Waals surface area (Å²) in [6, 6.07) is -0.833. The standard InChI is InChI=1S/C80H147NO10/c1-3-5-7-9-11-13-15-16-17-42-45-48-52-56-60-64-68-76(85)89-69-65-61-57-53-49-46-43-40-38-36-34-32-30-28-26-24-22-20-18-19-21-23-25-27-29-31-33-35-37-39-41-44-47-51-55-59-63-67-75(84)81-72(71-90-80-79(88)78(87)77(86)74(70-82)91-80)73(83)66-62-58-54-50-14-12-10-8-6-4-2/h6,8,14,18,20,24,26,50,62,66,72-74,77-80,82-83,86-88H,3-5,7,9-13,15-17,19,21-23,25,27-49,51-61,63-65,67-71H2,1-2H3,(H,81,84)/b8-6+,20-18-,26-24-,50-14+,66-62+. The number of unbranched alkanes of at least 4 members (excludes halogenated alkanes) is 47. The van der Waals surface area contributed by atoms with E-state index in [1.807, 2.05) is 6.08 Å². The van der Waals surface area contributed by atoms with Crippen molar-refractivity contribution in [1.82, 2.24) is 5.32 Å². The second kappa shape index (κ2) is 68.7. The third-order valence-electron chi connectivity index (χ3n) is 18.3. The van der Waals surface area contributed by atoms with Crippen molar-refractivity contribution in [2.24, 2.45) is 0 Å². The monoisotopic (exact) mass is 1280 g/mol. The fraction of sp³-hybridized carbons (Fsp3) is 0.850. The third-order valence-corrected chi connectivity index (χ3v) is 18.3. The maximum Gasteiger partial charge on any atom is 0.305 e. The molecule has 1 rings (SSSR count). The fourth-order valence-corrected chi connectivity index (χ4v) is 12.3. The Morgan fingerprint density at radius 3 is 1.20 bits per heavy atom. The van der Waals surface area contributed by atoms with Crippen molar-refractivity contribution in [3.63, 3.8) is 0 Å². The molecule has 0 bridgehead atoms. The molecule has 0 aromatic carbocycles. The van der Waals surface area contributed by atoms with Crippen LogP contribution in [-0.4, -0.2) is 100 Å². The van der Waals surface area contributed by atoms with Gasteiger partial charge < -0.3 is 45.1 Å². The number of rotatable bonds is 69. The van der Waals surface area contributed by atoms with Gasteiger partial charge in [-0.1, -0.05) is 338 Å². The van der Waals surface area contributed by atoms with Gasteiger partial charge in [0, 0.05) is 12.8 Å². The number of nitrogens with one attached hydrogen (secondary N) is 1. The van der Waals surface area contributed by atoms with Crippen LogP contribution < -0.4 is 5.32 Å². The molecule has 0 radical (unpaired) electrons. The third kappa shape index (κ3) is 57.3. The van der Waals surface area contributed by atoms with E-state index in [1.54, 1.807) is 6.08 Å². The molecule has 7 unspecified atom stereocenters. The fourth-order valence-electron chi connectivity index (χ4n) is 12.3. The van der Waals surface area contributed by atoms with Crippen LogP contribution in [0.1, 0.15) is 373 Å². The van der Waals surface area contributed by atoms with E-state index in [-0.39, 0.29) is 18.5 Å². The van der Waals surface area contributed by atoms with E-state index in [0.717, 1.165) is 70.6 Å². The van der Waals surface area contributed by atoms with Crippen LogP contribution in [-0.2, 0) is 23.8 Å². The number of aliphatic hydroxyl groups excluding tert-OH is 5. The summed E-state index contributed by atoms with van der Waals surface area (Å²) in [5.41, 5.74) is 0. The number of aliphatic hydroxyl groups is 5. The van der Waals surface area contributed by atoms with E-state index >= 15 is 0 Å². The van der Waals surface area contributed by atoms with Gasteiger partial charge in [-0.15, -0.1) is 0 Å². The van der Waals surface area contributed by atoms with Crippen LogP contribution in [0.25, 0.3) is 0 Å². The Hall–Kier alpha value is -2.64. The highest BCUT2D eigenvalue weighted by Crippen LogP contribution is 2.24. The minimum atomic E-state index is -1.58. The van der Waals surface area contributed by atoms with Gasteiger partial charge in [0.25, 0.3) is 0 Å². The lowest BCUT2D eigenvalue weighted by Gasteiger charge is -2.40. The molecule has 7 atom stereocenters. The van der Waals surface area contributed by atoms with Crippen LogP contribution in [0.15, 0.2) is 60.8 Å². The van der Waals surface area contributed by atoms with Crippen LogP contribution in [0.5, 0.6) is 0 Å². The molecule has 6 N–H and O–H groups in total. The van der Waals surface area contributed by atoms with Crippen molar-refractivity contribution in [1.29, 1.82) is 0 Å². The first-order valence-corrected chi connectivity index (χ1v) is 39.1. The maximum absolute atomic E-state index is 13.0. The molecular weight excluding hydrogens is 1130 g/mol. The zero-order valence-corrected chi connectivity index (χ0v) is 59.3. The number of amides is 1. The lowest BCUT2D eigenvalue weighted by atomic mass is 9.99. The zero-order valence-electron chi connectivity index (χ0n) is 59.3. The van der Waals surface area contributed by atoms with Crippen LogP contribution in [0, 0.1) is 0 Å². The zero-order chi connectivity index (χ0) is 65.8. The van der Waals surface area contributed by atoms with Crippen molar-refractivity contribution in [3.8, 4) is 0 Å². The molecule has 1 aliphatic heterocycles. The highest BCUT2D eigenvalue weighted by Gasteiger charge is 2.44. The number of ether oxygens (including phenoxy) is 3. The van der Waals surface area contributed by atoms with Crippen LogP contribution in [0.4, 0.5) is 0 Å². The van der Waals surface area contributed by atoms with Gasteiger partial charge in [0.05, 0.1) is 32.0 Å². The number of carbonyl (C=O) groups excluding carboxylic acids is 2. The Kier molecular flexibility index (Phi) is 65.2. The molecule has 0 aliphatic carbocycles. The summed E-state index contributed by atoms with van der Waals surface area (Å²) in [5.74, 6) is -0.179. The van der Waals surface area contributed by atoms with Crippen LogP contribution >= 0.6 is 0 Å². The van der Waals surface area contributed by atoms with Crippen molar-refractivity contribution in [2.75, 3.05) is 19.8 Å². The highest BCUT2D eigenvalue weighted by atomic mass is 16.7. The predicted molar refractivity (Wildman–Crippen MR) is 384 cm³/mol. The summed E-state index contributed by atoms with van der Waals surface area (Å²) in [5, 5.41) is 54.3. The Morgan fingerprint density at radius 2 is 0.780 bits per heavy atom. The van der Waals surface area contributed by atoms with Gasteiger partial charge in [-0.05, 0) is 83.5 Å². The Bertz CT molecular complexity index is 1700. The van der Waals surface area contributed by atoms with Gasteiger partial charge in [0.2, 0.25) is 5.91 Å². The smallest absolute Gasteiger partial charge is 0.305 e. The summed E-state index contributed by atoms with van der Waals surface area (Å²) in [4.78, 5) is 25.1. The first-order chi connectivity index (χ1) is 44.7. The minimum Gasteiger partial charge on any atom is -0.466 e. The Balaban J connectivity index is 1.88. The number of allylic oxidation sites excluding steroid dienone is 9. The van der Waals surface area contributed by atoms with Crippen molar-refractivity contribution >= 4 is 11.9 Å². The first kappa shape index (κ1) is 86.4. The first-order valence-electron chi connectivity index (χ1n) is 39.1. The van der Waals surface area contributed by atoms with Crippen LogP contribution in [0.3, 0.4) is 0 Å². The van der Waals surface area contributed by atoms with E-state index in [4.69, 9.17) is 14.2 Å². The molecule has 91 heavy (non-hydrogen) atoms. The summed E-state index contributed by atoms with van der Waals surface area (Å²) >= 11 is 0. The van der Waals surface area contributed by atoms with E-state index in [0.29, 0.717) is 19.4 Å². The predicted octanol–water partition coefficient (Wildman–Crippen LogP) is 20.9. The number of hydrogen-bond acceptors (Lipinski definition) is 10. The SMILES string of the molecule is CC/C=C/CC/C=C/CC/C=C/C(O)C(COC1OC(CO)C(O)C(O)C1O)NC(=O)CCCCCCCCCCCCCCCCCCC/C=C\C/C=C\CCCCCCCCCCCCCCCOC(=O)CCCCCCCCCCCCCCCCCC. The van der Waals surface area contributed by atoms with Gasteiger partial charge in [-0.25, -0.2) is 0 Å². The number of carbonyl (C=O) groups is 2. The summed E-state index contributed by atoms with van der Waals surface area (Å²) in [6.07, 6.45) is 82.7. The Labute approximate surface area is 560 Å². The highest BCUT2D eigenvalue weighted by molar-refractivity contribution is 5.76. The molecule has 1 amide bonds. The van der Waals surface area contributed by atoms with Gasteiger partial charge in [-0.3, -0.25) is 9.59 Å². The van der Waals surface area contributed by atoms with Crippen molar-refractivity contribution in [2.45, 2.75) is 416 Å². The maximum atomic E-state index is 13.0. The summed E-state index contributed by atoms with van der Waals surface area (Å²) in [7, 11) is 0. The molecule has 532 valence electrons. The van der Waals surface area contributed by atoms with E-state index < -0.39 is 49.5 Å². The molecule has 0 saturated carbocycles. The van der Waals surface area contributed by atoms with Crippen molar-refractivity contribution < 1.29 is 49.3 Å². The molecule has 1 fully saturated rings. The van der Waals surface area contributed by atoms with Gasteiger partial charge in [-0.2, -0.15) is 0 Å². The lowest BCUT2D eigenvalue weighted by molar-refractivity contribution is -0.302. The number of hydrogen-bond donors (Lipinski definition) is 6. The van der Waals surface area contributed by atoms with E-state index in [2.05, 4.69) is 67.8 Å². The molecule has 0 aromatic rings. The molecule has 11 heteroatoms. The second-order valence-corrected chi connectivity index (χ2v) is 27.0. The molecule has 1 saturated heterocycles. The minimum absolute atomic E-state index is 0.0160. The largest absolute Gasteiger partial charge is 0.466 e. The van der Waals surface area contributed by atoms with E-state index in [1.165, 1.54) is 276 Å². The molecule has 1 aliphatic rings. The quantitative estimate of drug-likeness (QED) is 0.0195. The molecule has 0 spiro atoms. The summed E-state index contributed by atoms with van der Waals surface area (Å²) < 4.78 is 16.7. The van der Waals surface area contributed by atoms with Gasteiger partial charge in [0.1, 0.15) is 24.4 Å².